The van der Waals surface area contributed by atoms with Gasteiger partial charge in [-0.15, -0.1) is 0 Å². The summed E-state index contributed by atoms with van der Waals surface area (Å²) >= 11 is 0. The molecule has 3 heterocycles. The molecule has 0 atom stereocenters. The lowest BCUT2D eigenvalue weighted by Gasteiger charge is -2.22. The summed E-state index contributed by atoms with van der Waals surface area (Å²) in [4.78, 5) is 26.3. The van der Waals surface area contributed by atoms with Crippen molar-refractivity contribution in [2.45, 2.75) is 46.3 Å². The third-order valence-electron chi connectivity index (χ3n) is 4.64. The molecule has 0 fully saturated rings. The molecule has 0 aliphatic heterocycles. The lowest BCUT2D eigenvalue weighted by Crippen LogP contribution is -2.31. The van der Waals surface area contributed by atoms with Crippen LogP contribution in [0.15, 0.2) is 57.7 Å². The number of aromatic nitrogens is 1. The Morgan fingerprint density at radius 3 is 2.69 bits per heavy atom. The van der Waals surface area contributed by atoms with E-state index in [4.69, 9.17) is 8.83 Å². The molecule has 7 heteroatoms. The Bertz CT molecular complexity index is 924. The fraction of sp³-hybridized carbons (Fsp3) is 0.364. The molecule has 0 aliphatic rings. The quantitative estimate of drug-likeness (QED) is 0.564. The molecule has 0 aromatic carbocycles. The number of nitrogens with one attached hydrogen (secondary N) is 1. The molecule has 29 heavy (non-hydrogen) atoms. The van der Waals surface area contributed by atoms with E-state index in [1.807, 2.05) is 34.7 Å². The highest BCUT2D eigenvalue weighted by Crippen LogP contribution is 2.14. The lowest BCUT2D eigenvalue weighted by molar-refractivity contribution is -0.131. The predicted octanol–water partition coefficient (Wildman–Crippen LogP) is 3.80. The maximum atomic E-state index is 12.3. The molecule has 0 bridgehead atoms. The molecular formula is C22H27N3O4. The van der Waals surface area contributed by atoms with E-state index < -0.39 is 0 Å². The fourth-order valence-corrected chi connectivity index (χ4v) is 3.15. The van der Waals surface area contributed by atoms with Crippen LogP contribution in [0.4, 0.5) is 0 Å². The minimum absolute atomic E-state index is 0.146. The molecule has 3 aromatic heterocycles. The number of hydrogen-bond acceptors (Lipinski definition) is 4. The number of carbonyl (C=O) groups is 2. The largest absolute Gasteiger partial charge is 0.467 e. The van der Waals surface area contributed by atoms with Crippen molar-refractivity contribution in [1.29, 1.82) is 0 Å². The second-order valence-corrected chi connectivity index (χ2v) is 6.82. The van der Waals surface area contributed by atoms with Crippen LogP contribution in [0.25, 0.3) is 0 Å². The Balaban J connectivity index is 1.62. The van der Waals surface area contributed by atoms with Crippen molar-refractivity contribution in [1.82, 2.24) is 14.8 Å². The van der Waals surface area contributed by atoms with Gasteiger partial charge in [0.1, 0.15) is 11.5 Å². The third-order valence-corrected chi connectivity index (χ3v) is 4.64. The average molecular weight is 397 g/mol. The number of carbonyl (C=O) groups excluding carboxylic acids is 2. The van der Waals surface area contributed by atoms with Crippen molar-refractivity contribution in [2.75, 3.05) is 6.54 Å². The van der Waals surface area contributed by atoms with Gasteiger partial charge in [0.05, 0.1) is 25.9 Å². The molecule has 1 N–H and O–H groups in total. The summed E-state index contributed by atoms with van der Waals surface area (Å²) in [5, 5.41) is 2.77. The summed E-state index contributed by atoms with van der Waals surface area (Å²) in [5.41, 5.74) is 1.03. The van der Waals surface area contributed by atoms with Crippen LogP contribution in [0.3, 0.4) is 0 Å². The van der Waals surface area contributed by atoms with Crippen molar-refractivity contribution >= 4 is 11.8 Å². The SMILES string of the molecule is CCCN(Cc1cccn1Cc1ccc(C(=O)NCc2ccco2)o1)C(=O)CC. The zero-order chi connectivity index (χ0) is 20.6. The van der Waals surface area contributed by atoms with Gasteiger partial charge in [-0.1, -0.05) is 13.8 Å². The molecule has 0 radical (unpaired) electrons. The van der Waals surface area contributed by atoms with Gasteiger partial charge in [0, 0.05) is 24.9 Å². The Hall–Kier alpha value is -3.22. The van der Waals surface area contributed by atoms with Crippen molar-refractivity contribution in [2.24, 2.45) is 0 Å². The van der Waals surface area contributed by atoms with Crippen molar-refractivity contribution in [3.05, 3.63) is 71.8 Å². The van der Waals surface area contributed by atoms with Crippen LogP contribution >= 0.6 is 0 Å². The molecular weight excluding hydrogens is 370 g/mol. The third kappa shape index (κ3) is 5.40. The molecule has 2 amide bonds. The summed E-state index contributed by atoms with van der Waals surface area (Å²) in [6.45, 7) is 6.04. The Morgan fingerprint density at radius 1 is 1.10 bits per heavy atom. The van der Waals surface area contributed by atoms with Crippen LogP contribution in [0, 0.1) is 0 Å². The molecule has 3 rings (SSSR count). The molecule has 0 spiro atoms. The number of rotatable bonds is 10. The van der Waals surface area contributed by atoms with Gasteiger partial charge < -0.3 is 23.6 Å². The number of amides is 2. The van der Waals surface area contributed by atoms with E-state index in [1.165, 1.54) is 0 Å². The number of nitrogens with zero attached hydrogens (tertiary/aromatic N) is 2. The van der Waals surface area contributed by atoms with Gasteiger partial charge in [-0.05, 0) is 42.8 Å². The molecule has 0 saturated heterocycles. The van der Waals surface area contributed by atoms with Crippen molar-refractivity contribution < 1.29 is 18.4 Å². The normalized spacial score (nSPS) is 10.8. The molecule has 154 valence electrons. The van der Waals surface area contributed by atoms with Gasteiger partial charge >= 0.3 is 0 Å². The average Bonchev–Trinajstić information content (AvgIpc) is 3.48. The van der Waals surface area contributed by atoms with E-state index in [1.54, 1.807) is 30.5 Å². The highest BCUT2D eigenvalue weighted by Gasteiger charge is 2.15. The van der Waals surface area contributed by atoms with E-state index in [9.17, 15) is 9.59 Å². The van der Waals surface area contributed by atoms with Crippen LogP contribution in [-0.4, -0.2) is 27.8 Å². The van der Waals surface area contributed by atoms with Crippen LogP contribution < -0.4 is 5.32 Å². The first-order chi connectivity index (χ1) is 14.1. The number of furan rings is 2. The maximum absolute atomic E-state index is 12.3. The highest BCUT2D eigenvalue weighted by atomic mass is 16.4. The highest BCUT2D eigenvalue weighted by molar-refractivity contribution is 5.91. The lowest BCUT2D eigenvalue weighted by atomic mass is 10.3. The van der Waals surface area contributed by atoms with Gasteiger partial charge in [0.15, 0.2) is 5.76 Å². The first kappa shape index (κ1) is 20.5. The van der Waals surface area contributed by atoms with Gasteiger partial charge in [-0.25, -0.2) is 0 Å². The second kappa shape index (κ2) is 9.82. The first-order valence-electron chi connectivity index (χ1n) is 9.91. The topological polar surface area (TPSA) is 80.6 Å². The van der Waals surface area contributed by atoms with E-state index in [0.29, 0.717) is 37.6 Å². The van der Waals surface area contributed by atoms with Crippen LogP contribution in [-0.2, 0) is 24.4 Å². The van der Waals surface area contributed by atoms with Gasteiger partial charge in [-0.3, -0.25) is 9.59 Å². The molecule has 7 nitrogen and oxygen atoms in total. The monoisotopic (exact) mass is 397 g/mol. The standard InChI is InChI=1S/C22H27N3O4/c1-3-11-25(21(26)4-2)15-17-7-5-12-24(17)16-19-9-10-20(29-19)22(27)23-14-18-8-6-13-28-18/h5-10,12-13H,3-4,11,14-16H2,1-2H3,(H,23,27). The predicted molar refractivity (Wildman–Crippen MR) is 108 cm³/mol. The van der Waals surface area contributed by atoms with Gasteiger partial charge in [-0.2, -0.15) is 0 Å². The zero-order valence-electron chi connectivity index (χ0n) is 16.9. The Kier molecular flexibility index (Phi) is 6.94. The Labute approximate surface area is 170 Å². The van der Waals surface area contributed by atoms with Crippen LogP contribution in [0.1, 0.15) is 54.5 Å². The summed E-state index contributed by atoms with van der Waals surface area (Å²) in [6, 6.07) is 11.0. The minimum Gasteiger partial charge on any atom is -0.467 e. The zero-order valence-corrected chi connectivity index (χ0v) is 16.9. The van der Waals surface area contributed by atoms with Gasteiger partial charge in [0.25, 0.3) is 5.91 Å². The minimum atomic E-state index is -0.289. The number of hydrogen-bond donors (Lipinski definition) is 1. The van der Waals surface area contributed by atoms with E-state index in [0.717, 1.165) is 18.7 Å². The fourth-order valence-electron chi connectivity index (χ4n) is 3.15. The smallest absolute Gasteiger partial charge is 0.287 e. The molecule has 0 saturated carbocycles. The van der Waals surface area contributed by atoms with Crippen LogP contribution in [0.2, 0.25) is 0 Å². The van der Waals surface area contributed by atoms with Crippen molar-refractivity contribution in [3.63, 3.8) is 0 Å². The summed E-state index contributed by atoms with van der Waals surface area (Å²) in [6.07, 6.45) is 4.93. The molecule has 0 aliphatic carbocycles. The first-order valence-corrected chi connectivity index (χ1v) is 9.91. The summed E-state index contributed by atoms with van der Waals surface area (Å²) in [7, 11) is 0. The Morgan fingerprint density at radius 2 is 1.97 bits per heavy atom. The van der Waals surface area contributed by atoms with E-state index in [-0.39, 0.29) is 17.6 Å². The second-order valence-electron chi connectivity index (χ2n) is 6.82. The maximum Gasteiger partial charge on any atom is 0.287 e. The van der Waals surface area contributed by atoms with Crippen molar-refractivity contribution in [3.8, 4) is 0 Å². The van der Waals surface area contributed by atoms with E-state index in [2.05, 4.69) is 12.2 Å². The van der Waals surface area contributed by atoms with Crippen LogP contribution in [0.5, 0.6) is 0 Å². The van der Waals surface area contributed by atoms with Gasteiger partial charge in [0.2, 0.25) is 5.91 Å². The molecule has 0 unspecified atom stereocenters. The van der Waals surface area contributed by atoms with E-state index >= 15 is 0 Å². The summed E-state index contributed by atoms with van der Waals surface area (Å²) in [5.74, 6) is 1.47. The summed E-state index contributed by atoms with van der Waals surface area (Å²) < 4.78 is 13.0. The molecule has 3 aromatic rings.